The van der Waals surface area contributed by atoms with Crippen molar-refractivity contribution < 1.29 is 23.4 Å². The largest absolute Gasteiger partial charge is 0.493 e. The summed E-state index contributed by atoms with van der Waals surface area (Å²) in [5.41, 5.74) is 1.58. The highest BCUT2D eigenvalue weighted by Crippen LogP contribution is 2.29. The summed E-state index contributed by atoms with van der Waals surface area (Å²) in [6.45, 7) is 0.215. The molecule has 0 heterocycles. The molecule has 0 aliphatic rings. The summed E-state index contributed by atoms with van der Waals surface area (Å²) < 4.78 is 28.7. The first-order chi connectivity index (χ1) is 12.1. The van der Waals surface area contributed by atoms with E-state index >= 15 is 0 Å². The second-order valence-corrected chi connectivity index (χ2v) is 4.97. The summed E-state index contributed by atoms with van der Waals surface area (Å²) in [6, 6.07) is 11.3. The van der Waals surface area contributed by atoms with Crippen LogP contribution >= 0.6 is 0 Å². The molecule has 0 saturated heterocycles. The Morgan fingerprint density at radius 1 is 1.20 bits per heavy atom. The molecular formula is C20H17FO4. The molecule has 0 bridgehead atoms. The van der Waals surface area contributed by atoms with Gasteiger partial charge < -0.3 is 14.2 Å². The number of rotatable bonds is 7. The molecule has 2 aromatic carbocycles. The predicted molar refractivity (Wildman–Crippen MR) is 92.6 cm³/mol. The van der Waals surface area contributed by atoms with Gasteiger partial charge in [0.1, 0.15) is 12.4 Å². The van der Waals surface area contributed by atoms with Crippen LogP contribution in [0.2, 0.25) is 0 Å². The van der Waals surface area contributed by atoms with Crippen molar-refractivity contribution in [3.8, 4) is 23.8 Å². The third-order valence-electron chi connectivity index (χ3n) is 3.20. The molecule has 0 atom stereocenters. The molecular weight excluding hydrogens is 323 g/mol. The Bertz CT molecular complexity index is 788. The second-order valence-electron chi connectivity index (χ2n) is 4.97. The molecule has 0 fully saturated rings. The highest BCUT2D eigenvalue weighted by Gasteiger charge is 2.06. The van der Waals surface area contributed by atoms with Gasteiger partial charge in [0.15, 0.2) is 18.1 Å². The maximum atomic E-state index is 12.9. The Morgan fingerprint density at radius 3 is 2.64 bits per heavy atom. The number of hydrogen-bond acceptors (Lipinski definition) is 4. The molecule has 0 amide bonds. The number of carbonyl (C=O) groups is 1. The Labute approximate surface area is 145 Å². The van der Waals surface area contributed by atoms with Gasteiger partial charge in [-0.2, -0.15) is 0 Å². The van der Waals surface area contributed by atoms with Gasteiger partial charge in [-0.1, -0.05) is 24.1 Å². The van der Waals surface area contributed by atoms with Crippen LogP contribution in [-0.2, 0) is 16.1 Å². The highest BCUT2D eigenvalue weighted by molar-refractivity contribution is 5.87. The van der Waals surface area contributed by atoms with E-state index in [-0.39, 0.29) is 19.0 Å². The van der Waals surface area contributed by atoms with E-state index in [4.69, 9.17) is 20.6 Å². The number of ether oxygens (including phenoxy) is 3. The fraction of sp³-hybridized carbons (Fsp3) is 0.150. The average molecular weight is 340 g/mol. The zero-order valence-electron chi connectivity index (χ0n) is 13.7. The van der Waals surface area contributed by atoms with E-state index in [1.54, 1.807) is 36.4 Å². The zero-order chi connectivity index (χ0) is 18.1. The van der Waals surface area contributed by atoms with Crippen LogP contribution in [0.1, 0.15) is 11.1 Å². The van der Waals surface area contributed by atoms with Crippen LogP contribution in [0, 0.1) is 18.2 Å². The number of terminal acetylenes is 1. The standard InChI is InChI=1S/C20H17FO4/c1-3-12-24-20(22)11-7-15-6-10-18(19(13-15)23-2)25-14-16-4-8-17(21)9-5-16/h1,4-11,13H,12,14H2,2H3/b11-7+. The van der Waals surface area contributed by atoms with Gasteiger partial charge in [-0.3, -0.25) is 0 Å². The Morgan fingerprint density at radius 2 is 1.96 bits per heavy atom. The summed E-state index contributed by atoms with van der Waals surface area (Å²) in [5, 5.41) is 0. The van der Waals surface area contributed by atoms with Crippen molar-refractivity contribution in [1.82, 2.24) is 0 Å². The Kier molecular flexibility index (Phi) is 6.61. The van der Waals surface area contributed by atoms with E-state index in [9.17, 15) is 9.18 Å². The normalized spacial score (nSPS) is 10.3. The quantitative estimate of drug-likeness (QED) is 0.439. The molecule has 5 heteroatoms. The van der Waals surface area contributed by atoms with Gasteiger partial charge in [0.2, 0.25) is 0 Å². The van der Waals surface area contributed by atoms with E-state index < -0.39 is 5.97 Å². The van der Waals surface area contributed by atoms with Crippen LogP contribution in [0.4, 0.5) is 4.39 Å². The van der Waals surface area contributed by atoms with Crippen molar-refractivity contribution in [2.45, 2.75) is 6.61 Å². The minimum absolute atomic E-state index is 0.0668. The molecule has 0 aliphatic carbocycles. The molecule has 25 heavy (non-hydrogen) atoms. The maximum Gasteiger partial charge on any atom is 0.331 e. The van der Waals surface area contributed by atoms with Crippen molar-refractivity contribution in [2.24, 2.45) is 0 Å². The van der Waals surface area contributed by atoms with Crippen LogP contribution in [-0.4, -0.2) is 19.7 Å². The first kappa shape index (κ1) is 18.1. The van der Waals surface area contributed by atoms with Gasteiger partial charge in [0.25, 0.3) is 0 Å². The third-order valence-corrected chi connectivity index (χ3v) is 3.20. The summed E-state index contributed by atoms with van der Waals surface area (Å²) in [5.74, 6) is 2.46. The summed E-state index contributed by atoms with van der Waals surface area (Å²) in [4.78, 5) is 11.4. The summed E-state index contributed by atoms with van der Waals surface area (Å²) in [7, 11) is 1.52. The van der Waals surface area contributed by atoms with Crippen LogP contribution in [0.5, 0.6) is 11.5 Å². The van der Waals surface area contributed by atoms with E-state index in [2.05, 4.69) is 5.92 Å². The lowest BCUT2D eigenvalue weighted by molar-refractivity contribution is -0.136. The number of hydrogen-bond donors (Lipinski definition) is 0. The molecule has 128 valence electrons. The van der Waals surface area contributed by atoms with Crippen molar-refractivity contribution in [3.63, 3.8) is 0 Å². The molecule has 0 radical (unpaired) electrons. The van der Waals surface area contributed by atoms with E-state index in [1.165, 1.54) is 25.3 Å². The topological polar surface area (TPSA) is 44.8 Å². The average Bonchev–Trinajstić information content (AvgIpc) is 2.64. The Balaban J connectivity index is 2.03. The van der Waals surface area contributed by atoms with Gasteiger partial charge in [0, 0.05) is 6.08 Å². The van der Waals surface area contributed by atoms with Crippen LogP contribution in [0.3, 0.4) is 0 Å². The van der Waals surface area contributed by atoms with Crippen molar-refractivity contribution >= 4 is 12.0 Å². The fourth-order valence-electron chi connectivity index (χ4n) is 1.97. The molecule has 0 saturated carbocycles. The number of halogens is 1. The molecule has 4 nitrogen and oxygen atoms in total. The number of benzene rings is 2. The van der Waals surface area contributed by atoms with E-state index in [1.807, 2.05) is 0 Å². The number of esters is 1. The molecule has 0 spiro atoms. The zero-order valence-corrected chi connectivity index (χ0v) is 13.7. The second kappa shape index (κ2) is 9.14. The van der Waals surface area contributed by atoms with Crippen LogP contribution < -0.4 is 9.47 Å². The molecule has 0 aliphatic heterocycles. The molecule has 0 N–H and O–H groups in total. The summed E-state index contributed by atoms with van der Waals surface area (Å²) >= 11 is 0. The first-order valence-electron chi connectivity index (χ1n) is 7.46. The van der Waals surface area contributed by atoms with Gasteiger partial charge >= 0.3 is 5.97 Å². The first-order valence-corrected chi connectivity index (χ1v) is 7.46. The summed E-state index contributed by atoms with van der Waals surface area (Å²) in [6.07, 6.45) is 7.89. The fourth-order valence-corrected chi connectivity index (χ4v) is 1.97. The molecule has 2 rings (SSSR count). The molecule has 0 unspecified atom stereocenters. The van der Waals surface area contributed by atoms with Gasteiger partial charge in [-0.25, -0.2) is 9.18 Å². The van der Waals surface area contributed by atoms with Gasteiger partial charge in [0.05, 0.1) is 7.11 Å². The lowest BCUT2D eigenvalue weighted by Crippen LogP contribution is -2.00. The number of methoxy groups -OCH3 is 1. The predicted octanol–water partition coefficient (Wildman–Crippen LogP) is 3.60. The van der Waals surface area contributed by atoms with E-state index in [0.29, 0.717) is 11.5 Å². The van der Waals surface area contributed by atoms with Crippen LogP contribution in [0.25, 0.3) is 6.08 Å². The monoisotopic (exact) mass is 340 g/mol. The smallest absolute Gasteiger partial charge is 0.331 e. The van der Waals surface area contributed by atoms with Crippen molar-refractivity contribution in [1.29, 1.82) is 0 Å². The van der Waals surface area contributed by atoms with Gasteiger partial charge in [-0.15, -0.1) is 6.42 Å². The highest BCUT2D eigenvalue weighted by atomic mass is 19.1. The maximum absolute atomic E-state index is 12.9. The minimum atomic E-state index is -0.520. The lowest BCUT2D eigenvalue weighted by atomic mass is 10.2. The van der Waals surface area contributed by atoms with Gasteiger partial charge in [-0.05, 0) is 41.5 Å². The Hall–Kier alpha value is -3.26. The van der Waals surface area contributed by atoms with E-state index in [0.717, 1.165) is 11.1 Å². The SMILES string of the molecule is C#CCOC(=O)/C=C/c1ccc(OCc2ccc(F)cc2)c(OC)c1. The number of carbonyl (C=O) groups excluding carboxylic acids is 1. The van der Waals surface area contributed by atoms with Crippen molar-refractivity contribution in [3.05, 3.63) is 65.5 Å². The molecule has 0 aromatic heterocycles. The molecule has 2 aromatic rings. The third kappa shape index (κ3) is 5.70. The van der Waals surface area contributed by atoms with Crippen LogP contribution in [0.15, 0.2) is 48.5 Å². The minimum Gasteiger partial charge on any atom is -0.493 e. The van der Waals surface area contributed by atoms with Crippen molar-refractivity contribution in [2.75, 3.05) is 13.7 Å². The lowest BCUT2D eigenvalue weighted by Gasteiger charge is -2.11.